The molecule has 10 nitrogen and oxygen atoms in total. The largest absolute Gasteiger partial charge is 0.508 e. The van der Waals surface area contributed by atoms with Crippen molar-refractivity contribution in [3.63, 3.8) is 0 Å². The Hall–Kier alpha value is -3.21. The van der Waals surface area contributed by atoms with Crippen molar-refractivity contribution in [2.45, 2.75) is 50.3 Å². The molecule has 0 aromatic heterocycles. The van der Waals surface area contributed by atoms with E-state index in [0.29, 0.717) is 12.0 Å². The molecule has 1 saturated heterocycles. The summed E-state index contributed by atoms with van der Waals surface area (Å²) in [6, 6.07) is 2.64. The van der Waals surface area contributed by atoms with Crippen LogP contribution in [0.5, 0.6) is 5.75 Å². The molecular weight excluding hydrogens is 478 g/mol. The normalized spacial score (nSPS) is 32.0. The minimum Gasteiger partial charge on any atom is -0.508 e. The quantitative estimate of drug-likeness (QED) is 0.373. The van der Waals surface area contributed by atoms with E-state index in [4.69, 9.17) is 5.73 Å². The minimum absolute atomic E-state index is 0.0846. The summed E-state index contributed by atoms with van der Waals surface area (Å²) in [7, 11) is 3.16. The van der Waals surface area contributed by atoms with Gasteiger partial charge in [-0.05, 0) is 76.0 Å². The SMILES string of the molecule is CCN1CCCC1c1cc(O)c2c(c1)C[C@H]1C[C@H]3[C@H](N(C)C)C(=O)C(C(N)=O)=C(O)[C@@]3(O)C(=O)C1=C2O. The fourth-order valence-electron chi connectivity index (χ4n) is 7.07. The van der Waals surface area contributed by atoms with Gasteiger partial charge in [-0.3, -0.25) is 24.2 Å². The number of hydrogen-bond acceptors (Lipinski definition) is 9. The number of Topliss-reactive ketones (excluding diaryl/α,β-unsaturated/α-hetero) is 2. The number of primary amides is 1. The van der Waals surface area contributed by atoms with Crippen LogP contribution in [0.1, 0.15) is 48.9 Å². The van der Waals surface area contributed by atoms with Gasteiger partial charge >= 0.3 is 0 Å². The Morgan fingerprint density at radius 3 is 2.54 bits per heavy atom. The number of phenols is 1. The lowest BCUT2D eigenvalue weighted by Crippen LogP contribution is -2.65. The van der Waals surface area contributed by atoms with Crippen molar-refractivity contribution in [3.05, 3.63) is 45.7 Å². The highest BCUT2D eigenvalue weighted by Gasteiger charge is 2.64. The second-order valence-corrected chi connectivity index (χ2v) is 10.8. The molecule has 1 amide bonds. The third-order valence-electron chi connectivity index (χ3n) is 8.71. The van der Waals surface area contributed by atoms with Crippen LogP contribution >= 0.6 is 0 Å². The zero-order valence-electron chi connectivity index (χ0n) is 21.2. The number of nitrogens with two attached hydrogens (primary N) is 1. The summed E-state index contributed by atoms with van der Waals surface area (Å²) in [5.74, 6) is -6.35. The van der Waals surface area contributed by atoms with Crippen molar-refractivity contribution >= 4 is 23.2 Å². The molecule has 0 spiro atoms. The number of carbonyl (C=O) groups excluding carboxylic acids is 3. The summed E-state index contributed by atoms with van der Waals surface area (Å²) in [5, 5.41) is 44.7. The fraction of sp³-hybridized carbons (Fsp3) is 0.519. The number of amides is 1. The Morgan fingerprint density at radius 1 is 1.22 bits per heavy atom. The Bertz CT molecular complexity index is 1280. The predicted molar refractivity (Wildman–Crippen MR) is 133 cm³/mol. The second-order valence-electron chi connectivity index (χ2n) is 10.8. The number of nitrogens with zero attached hydrogens (tertiary/aromatic N) is 2. The van der Waals surface area contributed by atoms with Gasteiger partial charge in [0.05, 0.1) is 11.6 Å². The third kappa shape index (κ3) is 3.46. The average molecular weight is 512 g/mol. The zero-order valence-corrected chi connectivity index (χ0v) is 21.2. The van der Waals surface area contributed by atoms with Crippen LogP contribution in [0.25, 0.3) is 5.76 Å². The first-order valence-electron chi connectivity index (χ1n) is 12.7. The van der Waals surface area contributed by atoms with Gasteiger partial charge in [-0.15, -0.1) is 0 Å². The van der Waals surface area contributed by atoms with Crippen LogP contribution in [-0.4, -0.2) is 86.5 Å². The molecule has 198 valence electrons. The predicted octanol–water partition coefficient (Wildman–Crippen LogP) is 1.12. The highest BCUT2D eigenvalue weighted by Crippen LogP contribution is 2.53. The van der Waals surface area contributed by atoms with Gasteiger partial charge < -0.3 is 26.2 Å². The summed E-state index contributed by atoms with van der Waals surface area (Å²) < 4.78 is 0. The van der Waals surface area contributed by atoms with E-state index < -0.39 is 58.0 Å². The molecule has 5 atom stereocenters. The number of likely N-dealkylation sites (tertiary alicyclic amines) is 1. The lowest BCUT2D eigenvalue weighted by molar-refractivity contribution is -0.153. The molecular formula is C27H33N3O7. The number of hydrogen-bond donors (Lipinski definition) is 5. The standard InChI is InChI=1S/C27H33N3O7/c1-4-30-7-5-6-16(30)12-8-13-9-14-10-15-21(29(2)3)23(33)20(26(28)36)25(35)27(15,37)24(34)19(14)22(32)18(13)17(31)11-12/h8,11,14-16,21,31-32,35,37H,4-7,9-10H2,1-3H3,(H2,28,36)/t14-,15-,16?,21-,27-/m0/s1. The molecule has 5 rings (SSSR count). The topological polar surface area (TPSA) is 165 Å². The molecule has 1 saturated carbocycles. The summed E-state index contributed by atoms with van der Waals surface area (Å²) in [6.07, 6.45) is 2.39. The van der Waals surface area contributed by atoms with E-state index in [-0.39, 0.29) is 29.3 Å². The van der Waals surface area contributed by atoms with Crippen molar-refractivity contribution in [3.8, 4) is 5.75 Å². The smallest absolute Gasteiger partial charge is 0.255 e. The van der Waals surface area contributed by atoms with Crippen molar-refractivity contribution in [2.24, 2.45) is 17.6 Å². The monoisotopic (exact) mass is 511 g/mol. The van der Waals surface area contributed by atoms with Gasteiger partial charge in [0, 0.05) is 17.5 Å². The number of aromatic hydroxyl groups is 1. The highest BCUT2D eigenvalue weighted by atomic mass is 16.3. The maximum Gasteiger partial charge on any atom is 0.255 e. The van der Waals surface area contributed by atoms with E-state index in [1.165, 1.54) is 4.90 Å². The van der Waals surface area contributed by atoms with Gasteiger partial charge in [0.25, 0.3) is 5.91 Å². The number of ketones is 2. The summed E-state index contributed by atoms with van der Waals surface area (Å²) in [5.41, 5.74) is 3.53. The van der Waals surface area contributed by atoms with E-state index in [1.54, 1.807) is 20.2 Å². The Labute approximate surface area is 214 Å². The van der Waals surface area contributed by atoms with Crippen LogP contribution in [0, 0.1) is 11.8 Å². The van der Waals surface area contributed by atoms with Gasteiger partial charge in [0.1, 0.15) is 22.8 Å². The molecule has 1 aliphatic heterocycles. The maximum atomic E-state index is 13.8. The van der Waals surface area contributed by atoms with Crippen LogP contribution in [0.15, 0.2) is 29.0 Å². The number of likely N-dealkylation sites (N-methyl/N-ethyl adjacent to an activating group) is 1. The number of phenolic OH excluding ortho intramolecular Hbond substituents is 1. The van der Waals surface area contributed by atoms with E-state index in [2.05, 4.69) is 11.8 Å². The number of rotatable bonds is 4. The molecule has 3 aliphatic carbocycles. The van der Waals surface area contributed by atoms with E-state index in [9.17, 15) is 34.8 Å². The van der Waals surface area contributed by atoms with Gasteiger partial charge in [-0.2, -0.15) is 0 Å². The molecule has 6 N–H and O–H groups in total. The Kier molecular flexibility index (Phi) is 5.97. The first kappa shape index (κ1) is 25.4. The Morgan fingerprint density at radius 2 is 1.92 bits per heavy atom. The maximum absolute atomic E-state index is 13.8. The van der Waals surface area contributed by atoms with Crippen LogP contribution in [0.4, 0.5) is 0 Å². The molecule has 2 fully saturated rings. The molecule has 4 aliphatic rings. The number of fused-ring (bicyclic) bond motifs is 3. The van der Waals surface area contributed by atoms with Gasteiger partial charge in [0.2, 0.25) is 5.78 Å². The first-order valence-corrected chi connectivity index (χ1v) is 12.7. The Balaban J connectivity index is 1.66. The van der Waals surface area contributed by atoms with Crippen LogP contribution in [-0.2, 0) is 20.8 Å². The third-order valence-corrected chi connectivity index (χ3v) is 8.71. The molecule has 1 aromatic rings. The molecule has 1 aromatic carbocycles. The van der Waals surface area contributed by atoms with Crippen LogP contribution in [0.2, 0.25) is 0 Å². The molecule has 0 bridgehead atoms. The molecule has 1 unspecified atom stereocenters. The van der Waals surface area contributed by atoms with Crippen LogP contribution in [0.3, 0.4) is 0 Å². The number of benzene rings is 1. The molecule has 1 heterocycles. The second kappa shape index (κ2) is 8.68. The van der Waals surface area contributed by atoms with E-state index >= 15 is 0 Å². The molecule has 0 radical (unpaired) electrons. The lowest BCUT2D eigenvalue weighted by Gasteiger charge is -2.50. The van der Waals surface area contributed by atoms with Gasteiger partial charge in [-0.1, -0.05) is 13.0 Å². The van der Waals surface area contributed by atoms with Gasteiger partial charge in [0.15, 0.2) is 11.4 Å². The van der Waals surface area contributed by atoms with E-state index in [1.807, 2.05) is 6.07 Å². The van der Waals surface area contributed by atoms with Crippen molar-refractivity contribution in [2.75, 3.05) is 27.2 Å². The first-order chi connectivity index (χ1) is 17.4. The molecule has 37 heavy (non-hydrogen) atoms. The number of carbonyl (C=O) groups is 3. The zero-order chi connectivity index (χ0) is 27.0. The average Bonchev–Trinajstić information content (AvgIpc) is 3.29. The summed E-state index contributed by atoms with van der Waals surface area (Å²) >= 11 is 0. The fourth-order valence-corrected chi connectivity index (χ4v) is 7.07. The minimum atomic E-state index is -2.62. The summed E-state index contributed by atoms with van der Waals surface area (Å²) in [4.78, 5) is 42.9. The van der Waals surface area contributed by atoms with Crippen molar-refractivity contribution in [1.29, 1.82) is 0 Å². The van der Waals surface area contributed by atoms with Gasteiger partial charge in [-0.25, -0.2) is 0 Å². The molecule has 10 heteroatoms. The lowest BCUT2D eigenvalue weighted by atomic mass is 9.57. The number of aliphatic hydroxyl groups is 3. The van der Waals surface area contributed by atoms with Crippen molar-refractivity contribution in [1.82, 2.24) is 9.80 Å². The van der Waals surface area contributed by atoms with E-state index in [0.717, 1.165) is 31.5 Å². The summed E-state index contributed by atoms with van der Waals surface area (Å²) in [6.45, 7) is 3.93. The number of aliphatic hydroxyl groups excluding tert-OH is 2. The highest BCUT2D eigenvalue weighted by molar-refractivity contribution is 6.24. The van der Waals surface area contributed by atoms with Crippen molar-refractivity contribution < 1.29 is 34.8 Å². The van der Waals surface area contributed by atoms with Crippen LogP contribution < -0.4 is 5.73 Å².